The lowest BCUT2D eigenvalue weighted by Gasteiger charge is -2.37. The highest BCUT2D eigenvalue weighted by Crippen LogP contribution is 2.40. The molecule has 0 spiro atoms. The second-order valence-corrected chi connectivity index (χ2v) is 16.0. The van der Waals surface area contributed by atoms with Crippen LogP contribution in [-0.4, -0.2) is 34.3 Å². The van der Waals surface area contributed by atoms with Gasteiger partial charge in [0.15, 0.2) is 0 Å². The number of aryl methyl sites for hydroxylation is 1. The number of hydrogen-bond donors (Lipinski definition) is 0. The van der Waals surface area contributed by atoms with E-state index in [4.69, 9.17) is 13.7 Å². The number of benzene rings is 4. The summed E-state index contributed by atoms with van der Waals surface area (Å²) in [5.74, 6) is 0. The normalized spacial score (nSPS) is 12.6. The monoisotopic (exact) mass is 740 g/mol. The molecule has 0 heterocycles. The Morgan fingerprint density at radius 2 is 0.906 bits per heavy atom. The fraction of sp³-hybridized carbons (Fsp3) is 0.489. The van der Waals surface area contributed by atoms with Gasteiger partial charge in [0.2, 0.25) is 0 Å². The zero-order chi connectivity index (χ0) is 37.5. The van der Waals surface area contributed by atoms with Crippen LogP contribution in [0, 0.1) is 6.92 Å². The van der Waals surface area contributed by atoms with Gasteiger partial charge in [-0.25, -0.2) is 0 Å². The highest BCUT2D eigenvalue weighted by atomic mass is 32.2. The van der Waals surface area contributed by atoms with Gasteiger partial charge in [-0.15, -0.1) is 0 Å². The number of hydrogen-bond acceptors (Lipinski definition) is 5. The average molecular weight is 741 g/mol. The molecule has 4 rings (SSSR count). The van der Waals surface area contributed by atoms with Crippen LogP contribution in [0.1, 0.15) is 132 Å². The first kappa shape index (κ1) is 42.5. The van der Waals surface area contributed by atoms with Crippen molar-refractivity contribution in [3.8, 4) is 0 Å². The number of rotatable bonds is 28. The maximum Gasteiger partial charge on any atom is 0.297 e. The number of ether oxygens (including phenoxy) is 2. The highest BCUT2D eigenvalue weighted by Gasteiger charge is 2.38. The van der Waals surface area contributed by atoms with Gasteiger partial charge < -0.3 is 9.47 Å². The molecule has 0 aliphatic heterocycles. The maximum atomic E-state index is 13.3. The molecule has 4 aromatic rings. The van der Waals surface area contributed by atoms with Crippen LogP contribution in [0.4, 0.5) is 0 Å². The van der Waals surface area contributed by atoms with Crippen molar-refractivity contribution < 1.29 is 22.1 Å². The molecule has 0 N–H and O–H groups in total. The molecule has 53 heavy (non-hydrogen) atoms. The third kappa shape index (κ3) is 14.1. The molecule has 0 fully saturated rings. The summed E-state index contributed by atoms with van der Waals surface area (Å²) in [6.45, 7) is 4.54. The predicted molar refractivity (Wildman–Crippen MR) is 219 cm³/mol. The highest BCUT2D eigenvalue weighted by molar-refractivity contribution is 7.86. The molecule has 1 atom stereocenters. The van der Waals surface area contributed by atoms with Gasteiger partial charge in [0.05, 0.1) is 18.1 Å². The van der Waals surface area contributed by atoms with Gasteiger partial charge in [0, 0.05) is 6.61 Å². The Balaban J connectivity index is 1.34. The Morgan fingerprint density at radius 1 is 0.509 bits per heavy atom. The molecule has 0 radical (unpaired) electrons. The largest absolute Gasteiger partial charge is 0.373 e. The molecular formula is C47H64O5S. The second-order valence-electron chi connectivity index (χ2n) is 14.4. The first-order chi connectivity index (χ1) is 26.0. The van der Waals surface area contributed by atoms with Gasteiger partial charge in [-0.1, -0.05) is 212 Å². The Bertz CT molecular complexity index is 1530. The summed E-state index contributed by atoms with van der Waals surface area (Å²) in [6.07, 6.45) is 20.3. The van der Waals surface area contributed by atoms with Crippen molar-refractivity contribution in [1.29, 1.82) is 0 Å². The molecular weight excluding hydrogens is 677 g/mol. The fourth-order valence-corrected chi connectivity index (χ4v) is 8.26. The van der Waals surface area contributed by atoms with Gasteiger partial charge in [-0.2, -0.15) is 8.42 Å². The molecule has 0 saturated heterocycles. The molecule has 0 amide bonds. The third-order valence-electron chi connectivity index (χ3n) is 10.2. The van der Waals surface area contributed by atoms with E-state index in [1.54, 1.807) is 25.1 Å². The van der Waals surface area contributed by atoms with Gasteiger partial charge in [-0.05, 0) is 41.7 Å². The molecule has 4 aromatic carbocycles. The maximum absolute atomic E-state index is 13.3. The van der Waals surface area contributed by atoms with E-state index in [1.807, 2.05) is 60.7 Å². The van der Waals surface area contributed by atoms with Crippen LogP contribution >= 0.6 is 0 Å². The molecule has 0 aromatic heterocycles. The predicted octanol–water partition coefficient (Wildman–Crippen LogP) is 12.4. The summed E-state index contributed by atoms with van der Waals surface area (Å²) in [4.78, 5) is 0.171. The van der Waals surface area contributed by atoms with E-state index < -0.39 is 21.8 Å². The second kappa shape index (κ2) is 24.2. The standard InChI is InChI=1S/C47H64O5S/c1-3-4-5-6-7-8-9-10-11-12-13-14-15-16-17-29-38-50-45(40-52-53(48,49)46-37-28-27-30-41(46)2)39-51-47(42-31-21-18-22-32-42,43-33-23-19-24-34-43)44-35-25-20-26-36-44/h18-28,30-37,45H,3-17,29,38-40H2,1-2H3. The van der Waals surface area contributed by atoms with Gasteiger partial charge in [0.25, 0.3) is 10.1 Å². The lowest BCUT2D eigenvalue weighted by Crippen LogP contribution is -2.38. The summed E-state index contributed by atoms with van der Waals surface area (Å²) >= 11 is 0. The molecule has 0 saturated carbocycles. The Morgan fingerprint density at radius 3 is 1.34 bits per heavy atom. The molecule has 0 aliphatic rings. The van der Waals surface area contributed by atoms with Crippen LogP contribution in [0.3, 0.4) is 0 Å². The van der Waals surface area contributed by atoms with Crippen molar-refractivity contribution >= 4 is 10.1 Å². The molecule has 1 unspecified atom stereocenters. The summed E-state index contributed by atoms with van der Waals surface area (Å²) in [7, 11) is -3.99. The summed E-state index contributed by atoms with van der Waals surface area (Å²) in [6, 6.07) is 37.4. The van der Waals surface area contributed by atoms with E-state index in [9.17, 15) is 8.42 Å². The fourth-order valence-electron chi connectivity index (χ4n) is 7.10. The van der Waals surface area contributed by atoms with Crippen LogP contribution in [0.15, 0.2) is 120 Å². The Labute approximate surface area is 321 Å². The summed E-state index contributed by atoms with van der Waals surface area (Å²) in [5, 5.41) is 0. The van der Waals surface area contributed by atoms with E-state index in [-0.39, 0.29) is 18.1 Å². The summed E-state index contributed by atoms with van der Waals surface area (Å²) < 4.78 is 45.8. The lowest BCUT2D eigenvalue weighted by molar-refractivity contribution is -0.0774. The molecule has 288 valence electrons. The first-order valence-corrected chi connectivity index (χ1v) is 21.8. The molecule has 5 nitrogen and oxygen atoms in total. The van der Waals surface area contributed by atoms with Crippen molar-refractivity contribution in [2.45, 2.75) is 133 Å². The van der Waals surface area contributed by atoms with E-state index in [0.717, 1.165) is 29.5 Å². The van der Waals surface area contributed by atoms with Crippen molar-refractivity contribution in [3.05, 3.63) is 138 Å². The lowest BCUT2D eigenvalue weighted by atomic mass is 9.80. The zero-order valence-electron chi connectivity index (χ0n) is 32.4. The van der Waals surface area contributed by atoms with Crippen molar-refractivity contribution in [2.75, 3.05) is 19.8 Å². The van der Waals surface area contributed by atoms with Gasteiger partial charge in [-0.3, -0.25) is 4.18 Å². The smallest absolute Gasteiger partial charge is 0.297 e. The molecule has 0 bridgehead atoms. The first-order valence-electron chi connectivity index (χ1n) is 20.3. The third-order valence-corrected chi connectivity index (χ3v) is 11.6. The number of unbranched alkanes of at least 4 members (excludes halogenated alkanes) is 15. The van der Waals surface area contributed by atoms with E-state index >= 15 is 0 Å². The minimum absolute atomic E-state index is 0.126. The van der Waals surface area contributed by atoms with Crippen LogP contribution in [0.2, 0.25) is 0 Å². The van der Waals surface area contributed by atoms with Crippen molar-refractivity contribution in [3.63, 3.8) is 0 Å². The van der Waals surface area contributed by atoms with Crippen molar-refractivity contribution in [2.24, 2.45) is 0 Å². The topological polar surface area (TPSA) is 61.8 Å². The van der Waals surface area contributed by atoms with Crippen molar-refractivity contribution in [1.82, 2.24) is 0 Å². The van der Waals surface area contributed by atoms with Crippen LogP contribution < -0.4 is 0 Å². The van der Waals surface area contributed by atoms with Crippen LogP contribution in [0.5, 0.6) is 0 Å². The molecule has 0 aliphatic carbocycles. The van der Waals surface area contributed by atoms with E-state index in [2.05, 4.69) is 43.3 Å². The molecule has 6 heteroatoms. The SMILES string of the molecule is CCCCCCCCCCCCCCCCCCOC(COC(c1ccccc1)(c1ccccc1)c1ccccc1)COS(=O)(=O)c1ccccc1C. The minimum Gasteiger partial charge on any atom is -0.373 e. The van der Waals surface area contributed by atoms with Gasteiger partial charge >= 0.3 is 0 Å². The van der Waals surface area contributed by atoms with Crippen LogP contribution in [0.25, 0.3) is 0 Å². The minimum atomic E-state index is -3.99. The van der Waals surface area contributed by atoms with Gasteiger partial charge in [0.1, 0.15) is 11.7 Å². The van der Waals surface area contributed by atoms with E-state index in [1.165, 1.54) is 89.9 Å². The van der Waals surface area contributed by atoms with E-state index in [0.29, 0.717) is 12.2 Å². The van der Waals surface area contributed by atoms with Crippen LogP contribution in [-0.2, 0) is 29.4 Å². The Hall–Kier alpha value is -3.29. The average Bonchev–Trinajstić information content (AvgIpc) is 3.19. The quantitative estimate of drug-likeness (QED) is 0.0330. The Kier molecular flexibility index (Phi) is 19.4. The zero-order valence-corrected chi connectivity index (χ0v) is 33.2. The summed E-state index contributed by atoms with van der Waals surface area (Å²) in [5.41, 5.74) is 2.62.